The minimum Gasteiger partial charge on any atom is -0.352 e. The lowest BCUT2D eigenvalue weighted by Gasteiger charge is -2.23. The average Bonchev–Trinajstić information content (AvgIpc) is 3.39. The molecule has 1 unspecified atom stereocenters. The van der Waals surface area contributed by atoms with Gasteiger partial charge >= 0.3 is 0 Å². The molecule has 1 aromatic carbocycles. The molecule has 2 aromatic heterocycles. The molecule has 174 valence electrons. The summed E-state index contributed by atoms with van der Waals surface area (Å²) in [6.45, 7) is 9.44. The Morgan fingerprint density at radius 3 is 2.48 bits per heavy atom. The van der Waals surface area contributed by atoms with E-state index in [0.717, 1.165) is 59.3 Å². The molecule has 7 heteroatoms. The summed E-state index contributed by atoms with van der Waals surface area (Å²) in [6, 6.07) is 9.49. The van der Waals surface area contributed by atoms with Crippen molar-refractivity contribution >= 4 is 22.7 Å². The van der Waals surface area contributed by atoms with Gasteiger partial charge in [-0.2, -0.15) is 0 Å². The molecular weight excluding hydrogens is 416 g/mol. The number of amides is 2. The van der Waals surface area contributed by atoms with Gasteiger partial charge in [0.05, 0.1) is 6.42 Å². The number of likely N-dealkylation sites (tertiary alicyclic amines) is 1. The minimum absolute atomic E-state index is 0.126. The number of fused-ring (bicyclic) bond motifs is 1. The molecule has 2 N–H and O–H groups in total. The number of rotatable bonds is 6. The van der Waals surface area contributed by atoms with Gasteiger partial charge in [0.15, 0.2) is 0 Å². The molecule has 4 rings (SSSR count). The topological polar surface area (TPSA) is 87.2 Å². The number of carbonyl (C=O) groups excluding carboxylic acids is 2. The van der Waals surface area contributed by atoms with E-state index >= 15 is 0 Å². The molecule has 0 saturated carbocycles. The van der Waals surface area contributed by atoms with Gasteiger partial charge in [-0.1, -0.05) is 18.2 Å². The summed E-state index contributed by atoms with van der Waals surface area (Å²) in [5.74, 6) is -0.0275. The number of nitrogens with one attached hydrogen (secondary N) is 2. The molecule has 7 nitrogen and oxygen atoms in total. The van der Waals surface area contributed by atoms with Crippen LogP contribution in [0.25, 0.3) is 10.9 Å². The molecule has 33 heavy (non-hydrogen) atoms. The molecular formula is C26H32N4O3. The third kappa shape index (κ3) is 4.45. The third-order valence-electron chi connectivity index (χ3n) is 6.74. The summed E-state index contributed by atoms with van der Waals surface area (Å²) >= 11 is 0. The van der Waals surface area contributed by atoms with Crippen LogP contribution in [-0.2, 0) is 22.6 Å². The van der Waals surface area contributed by atoms with Gasteiger partial charge in [-0.3, -0.25) is 14.4 Å². The molecule has 1 atom stereocenters. The van der Waals surface area contributed by atoms with Crippen molar-refractivity contribution in [1.29, 1.82) is 0 Å². The standard InChI is InChI=1S/C26H32N4O3/c1-16-13-17(2)28-25(32)22(16)15-27-24(31)14-21-18(3)30(23-10-6-5-9-20(21)23)19(4)26(33)29-11-7-8-12-29/h5-6,9-10,13,19H,7-8,11-12,14-15H2,1-4H3,(H,27,31)(H,28,32). The van der Waals surface area contributed by atoms with E-state index in [2.05, 4.69) is 14.9 Å². The van der Waals surface area contributed by atoms with Crippen LogP contribution in [0.1, 0.15) is 53.9 Å². The van der Waals surface area contributed by atoms with Crippen LogP contribution in [0.5, 0.6) is 0 Å². The van der Waals surface area contributed by atoms with Gasteiger partial charge in [0.2, 0.25) is 11.8 Å². The fourth-order valence-electron chi connectivity index (χ4n) is 5.01. The Morgan fingerprint density at radius 1 is 1.09 bits per heavy atom. The van der Waals surface area contributed by atoms with Crippen molar-refractivity contribution in [3.05, 3.63) is 68.8 Å². The van der Waals surface area contributed by atoms with Gasteiger partial charge in [-0.15, -0.1) is 0 Å². The largest absolute Gasteiger partial charge is 0.352 e. The second-order valence-corrected chi connectivity index (χ2v) is 9.06. The predicted molar refractivity (Wildman–Crippen MR) is 129 cm³/mol. The number of nitrogens with zero attached hydrogens (tertiary/aromatic N) is 2. The highest BCUT2D eigenvalue weighted by molar-refractivity contribution is 5.92. The first-order chi connectivity index (χ1) is 15.8. The van der Waals surface area contributed by atoms with Gasteiger partial charge in [0.25, 0.3) is 5.56 Å². The number of pyridine rings is 1. The fraction of sp³-hybridized carbons (Fsp3) is 0.423. The Balaban J connectivity index is 1.58. The second-order valence-electron chi connectivity index (χ2n) is 9.06. The van der Waals surface area contributed by atoms with E-state index in [1.165, 1.54) is 0 Å². The zero-order chi connectivity index (χ0) is 23.7. The van der Waals surface area contributed by atoms with Crippen LogP contribution in [0.3, 0.4) is 0 Å². The Labute approximate surface area is 193 Å². The summed E-state index contributed by atoms with van der Waals surface area (Å²) in [4.78, 5) is 43.0. The van der Waals surface area contributed by atoms with E-state index in [-0.39, 0.29) is 36.4 Å². The summed E-state index contributed by atoms with van der Waals surface area (Å²) in [5.41, 5.74) is 4.86. The maximum atomic E-state index is 13.1. The molecule has 3 heterocycles. The summed E-state index contributed by atoms with van der Waals surface area (Å²) in [5, 5.41) is 3.89. The second kappa shape index (κ2) is 9.25. The number of para-hydroxylation sites is 1. The lowest BCUT2D eigenvalue weighted by Crippen LogP contribution is -2.34. The molecule has 2 amide bonds. The van der Waals surface area contributed by atoms with Gasteiger partial charge in [-0.25, -0.2) is 0 Å². The SMILES string of the molecule is Cc1cc(C)c(CNC(=O)Cc2c(C)n(C(C)C(=O)N3CCCC3)c3ccccc23)c(=O)[nH]1. The molecule has 1 saturated heterocycles. The number of hydrogen-bond acceptors (Lipinski definition) is 3. The third-order valence-corrected chi connectivity index (χ3v) is 6.74. The van der Waals surface area contributed by atoms with Crippen molar-refractivity contribution in [1.82, 2.24) is 19.8 Å². The van der Waals surface area contributed by atoms with Crippen LogP contribution in [0.15, 0.2) is 35.1 Å². The molecule has 0 spiro atoms. The molecule has 0 radical (unpaired) electrons. The maximum absolute atomic E-state index is 13.1. The van der Waals surface area contributed by atoms with E-state index in [1.54, 1.807) is 0 Å². The predicted octanol–water partition coefficient (Wildman–Crippen LogP) is 3.30. The molecule has 3 aromatic rings. The molecule has 1 fully saturated rings. The summed E-state index contributed by atoms with van der Waals surface area (Å²) in [7, 11) is 0. The van der Waals surface area contributed by atoms with Crippen LogP contribution in [0.4, 0.5) is 0 Å². The van der Waals surface area contributed by atoms with Gasteiger partial charge < -0.3 is 19.8 Å². The van der Waals surface area contributed by atoms with Crippen molar-refractivity contribution in [2.24, 2.45) is 0 Å². The zero-order valence-electron chi connectivity index (χ0n) is 19.8. The maximum Gasteiger partial charge on any atom is 0.253 e. The van der Waals surface area contributed by atoms with Crippen LogP contribution in [0, 0.1) is 20.8 Å². The Bertz CT molecular complexity index is 1260. The Hall–Kier alpha value is -3.35. The molecule has 1 aliphatic heterocycles. The fourth-order valence-corrected chi connectivity index (χ4v) is 5.01. The van der Waals surface area contributed by atoms with E-state index in [9.17, 15) is 14.4 Å². The lowest BCUT2D eigenvalue weighted by atomic mass is 10.1. The van der Waals surface area contributed by atoms with Gasteiger partial charge in [0, 0.05) is 47.5 Å². The summed E-state index contributed by atoms with van der Waals surface area (Å²) in [6.07, 6.45) is 2.30. The number of aromatic amines is 1. The van der Waals surface area contributed by atoms with E-state index in [4.69, 9.17) is 0 Å². The molecule has 0 aliphatic carbocycles. The smallest absolute Gasteiger partial charge is 0.253 e. The van der Waals surface area contributed by atoms with E-state index in [1.807, 2.05) is 62.9 Å². The van der Waals surface area contributed by atoms with Crippen molar-refractivity contribution < 1.29 is 9.59 Å². The number of hydrogen-bond donors (Lipinski definition) is 2. The van der Waals surface area contributed by atoms with Crippen LogP contribution in [0.2, 0.25) is 0 Å². The molecule has 0 bridgehead atoms. The zero-order valence-corrected chi connectivity index (χ0v) is 19.8. The number of aromatic nitrogens is 2. The monoisotopic (exact) mass is 448 g/mol. The number of aryl methyl sites for hydroxylation is 2. The average molecular weight is 449 g/mol. The van der Waals surface area contributed by atoms with Crippen LogP contribution < -0.4 is 10.9 Å². The Kier molecular flexibility index (Phi) is 6.40. The normalized spacial score (nSPS) is 14.6. The first-order valence-corrected chi connectivity index (χ1v) is 11.6. The van der Waals surface area contributed by atoms with Crippen molar-refractivity contribution in [3.8, 4) is 0 Å². The highest BCUT2D eigenvalue weighted by atomic mass is 16.2. The Morgan fingerprint density at radius 2 is 1.79 bits per heavy atom. The van der Waals surface area contributed by atoms with Crippen molar-refractivity contribution in [3.63, 3.8) is 0 Å². The minimum atomic E-state index is -0.335. The number of carbonyl (C=O) groups is 2. The van der Waals surface area contributed by atoms with Gasteiger partial charge in [-0.05, 0) is 63.8 Å². The highest BCUT2D eigenvalue weighted by Crippen LogP contribution is 2.30. The first-order valence-electron chi connectivity index (χ1n) is 11.6. The molecule has 1 aliphatic rings. The highest BCUT2D eigenvalue weighted by Gasteiger charge is 2.28. The number of benzene rings is 1. The van der Waals surface area contributed by atoms with Crippen LogP contribution in [-0.4, -0.2) is 39.4 Å². The quantitative estimate of drug-likeness (QED) is 0.607. The number of H-pyrrole nitrogens is 1. The van der Waals surface area contributed by atoms with Crippen LogP contribution >= 0.6 is 0 Å². The van der Waals surface area contributed by atoms with Crippen molar-refractivity contribution in [2.45, 2.75) is 59.5 Å². The van der Waals surface area contributed by atoms with E-state index in [0.29, 0.717) is 5.56 Å². The van der Waals surface area contributed by atoms with E-state index < -0.39 is 0 Å². The summed E-state index contributed by atoms with van der Waals surface area (Å²) < 4.78 is 2.06. The van der Waals surface area contributed by atoms with Gasteiger partial charge in [0.1, 0.15) is 6.04 Å². The first kappa shape index (κ1) is 22.8. The lowest BCUT2D eigenvalue weighted by molar-refractivity contribution is -0.133. The van der Waals surface area contributed by atoms with Crippen molar-refractivity contribution in [2.75, 3.05) is 13.1 Å².